The van der Waals surface area contributed by atoms with Crippen LogP contribution in [0.1, 0.15) is 13.3 Å². The van der Waals surface area contributed by atoms with Crippen molar-refractivity contribution in [3.8, 4) is 0 Å². The Hall–Kier alpha value is -0.820. The van der Waals surface area contributed by atoms with Gasteiger partial charge in [-0.25, -0.2) is 0 Å². The summed E-state index contributed by atoms with van der Waals surface area (Å²) < 4.78 is 39.4. The van der Waals surface area contributed by atoms with Gasteiger partial charge in [-0.05, 0) is 20.4 Å². The Labute approximate surface area is 92.0 Å². The highest BCUT2D eigenvalue weighted by Crippen LogP contribution is 2.14. The molecule has 0 radical (unpaired) electrons. The number of carboxylic acid groups (broad SMARTS) is 1. The standard InChI is InChI=1S/C9H16F3NO3/c1-7(8(14)15)13(2)4-3-5-16-6-9(10,11)12/h7H,3-6H2,1-2H3,(H,14,15). The molecule has 0 aromatic carbocycles. The van der Waals surface area contributed by atoms with Crippen LogP contribution in [0, 0.1) is 0 Å². The third-order valence-corrected chi connectivity index (χ3v) is 2.08. The van der Waals surface area contributed by atoms with Gasteiger partial charge in [0.2, 0.25) is 0 Å². The van der Waals surface area contributed by atoms with Crippen LogP contribution in [-0.4, -0.2) is 55.0 Å². The Balaban J connectivity index is 3.56. The minimum absolute atomic E-state index is 0.0316. The predicted molar refractivity (Wildman–Crippen MR) is 51.2 cm³/mol. The third-order valence-electron chi connectivity index (χ3n) is 2.08. The van der Waals surface area contributed by atoms with Crippen molar-refractivity contribution < 1.29 is 27.8 Å². The van der Waals surface area contributed by atoms with Gasteiger partial charge in [0, 0.05) is 13.2 Å². The molecule has 0 heterocycles. The average Bonchev–Trinajstić information content (AvgIpc) is 2.13. The second kappa shape index (κ2) is 6.70. The topological polar surface area (TPSA) is 49.8 Å². The zero-order valence-electron chi connectivity index (χ0n) is 9.25. The van der Waals surface area contributed by atoms with Gasteiger partial charge in [-0.1, -0.05) is 0 Å². The molecule has 96 valence electrons. The van der Waals surface area contributed by atoms with Crippen LogP contribution in [0.4, 0.5) is 13.2 Å². The van der Waals surface area contributed by atoms with Crippen LogP contribution in [0.5, 0.6) is 0 Å². The molecule has 0 rings (SSSR count). The molecule has 0 aliphatic heterocycles. The first-order valence-electron chi connectivity index (χ1n) is 4.81. The fourth-order valence-electron chi connectivity index (χ4n) is 0.986. The molecule has 0 aromatic rings. The monoisotopic (exact) mass is 243 g/mol. The lowest BCUT2D eigenvalue weighted by atomic mass is 10.3. The molecule has 1 unspecified atom stereocenters. The van der Waals surface area contributed by atoms with Crippen molar-refractivity contribution in [2.45, 2.75) is 25.6 Å². The predicted octanol–water partition coefficient (Wildman–Crippen LogP) is 1.36. The van der Waals surface area contributed by atoms with Crippen LogP contribution in [0.2, 0.25) is 0 Å². The quantitative estimate of drug-likeness (QED) is 0.686. The molecule has 0 fully saturated rings. The minimum atomic E-state index is -4.31. The summed E-state index contributed by atoms with van der Waals surface area (Å²) in [4.78, 5) is 12.1. The molecule has 0 aliphatic carbocycles. The number of hydrogen-bond acceptors (Lipinski definition) is 3. The van der Waals surface area contributed by atoms with E-state index in [1.54, 1.807) is 11.9 Å². The number of carboxylic acids is 1. The maximum Gasteiger partial charge on any atom is 0.411 e. The number of likely N-dealkylation sites (N-methyl/N-ethyl adjacent to an activating group) is 1. The van der Waals surface area contributed by atoms with Crippen LogP contribution in [0.15, 0.2) is 0 Å². The van der Waals surface area contributed by atoms with E-state index in [-0.39, 0.29) is 6.61 Å². The third kappa shape index (κ3) is 7.47. The molecule has 0 spiro atoms. The Kier molecular flexibility index (Phi) is 6.35. The molecular weight excluding hydrogens is 227 g/mol. The largest absolute Gasteiger partial charge is 0.480 e. The molecule has 0 aromatic heterocycles. The van der Waals surface area contributed by atoms with Crippen molar-refractivity contribution in [3.05, 3.63) is 0 Å². The second-order valence-corrected chi connectivity index (χ2v) is 3.52. The van der Waals surface area contributed by atoms with Gasteiger partial charge in [-0.2, -0.15) is 13.2 Å². The number of rotatable bonds is 7. The number of alkyl halides is 3. The van der Waals surface area contributed by atoms with Crippen LogP contribution in [0.3, 0.4) is 0 Å². The van der Waals surface area contributed by atoms with Crippen LogP contribution >= 0.6 is 0 Å². The van der Waals surface area contributed by atoms with Gasteiger partial charge in [0.1, 0.15) is 12.6 Å². The van der Waals surface area contributed by atoms with Crippen LogP contribution in [-0.2, 0) is 9.53 Å². The van der Waals surface area contributed by atoms with Crippen LogP contribution < -0.4 is 0 Å². The number of aliphatic carboxylic acids is 1. The van der Waals surface area contributed by atoms with Crippen molar-refractivity contribution >= 4 is 5.97 Å². The lowest BCUT2D eigenvalue weighted by molar-refractivity contribution is -0.174. The van der Waals surface area contributed by atoms with Gasteiger partial charge in [-0.15, -0.1) is 0 Å². The molecule has 0 aliphatic rings. The van der Waals surface area contributed by atoms with E-state index in [9.17, 15) is 18.0 Å². The van der Waals surface area contributed by atoms with E-state index in [1.807, 2.05) is 0 Å². The van der Waals surface area contributed by atoms with E-state index in [0.29, 0.717) is 13.0 Å². The van der Waals surface area contributed by atoms with Gasteiger partial charge < -0.3 is 9.84 Å². The van der Waals surface area contributed by atoms with Crippen LogP contribution in [0.25, 0.3) is 0 Å². The maximum atomic E-state index is 11.7. The molecular formula is C9H16F3NO3. The van der Waals surface area contributed by atoms with E-state index in [1.165, 1.54) is 6.92 Å². The molecule has 1 atom stereocenters. The number of nitrogens with zero attached hydrogens (tertiary/aromatic N) is 1. The number of carbonyl (C=O) groups is 1. The Morgan fingerprint density at radius 2 is 2.06 bits per heavy atom. The summed E-state index contributed by atoms with van der Waals surface area (Å²) in [6.07, 6.45) is -3.94. The van der Waals surface area contributed by atoms with Gasteiger partial charge in [0.25, 0.3) is 0 Å². The highest BCUT2D eigenvalue weighted by Gasteiger charge is 2.27. The normalized spacial score (nSPS) is 14.1. The SMILES string of the molecule is CC(C(=O)O)N(C)CCCOCC(F)(F)F. The van der Waals surface area contributed by atoms with E-state index in [4.69, 9.17) is 5.11 Å². The smallest absolute Gasteiger partial charge is 0.411 e. The van der Waals surface area contributed by atoms with E-state index < -0.39 is 24.8 Å². The highest BCUT2D eigenvalue weighted by atomic mass is 19.4. The molecule has 1 N–H and O–H groups in total. The highest BCUT2D eigenvalue weighted by molar-refractivity contribution is 5.72. The second-order valence-electron chi connectivity index (χ2n) is 3.52. The number of hydrogen-bond donors (Lipinski definition) is 1. The van der Waals surface area contributed by atoms with Gasteiger partial charge >= 0.3 is 12.1 Å². The van der Waals surface area contributed by atoms with E-state index >= 15 is 0 Å². The lowest BCUT2D eigenvalue weighted by Gasteiger charge is -2.20. The summed E-state index contributed by atoms with van der Waals surface area (Å²) in [7, 11) is 1.60. The van der Waals surface area contributed by atoms with Crippen molar-refractivity contribution in [2.75, 3.05) is 26.8 Å². The fourth-order valence-corrected chi connectivity index (χ4v) is 0.986. The summed E-state index contributed by atoms with van der Waals surface area (Å²) in [5.41, 5.74) is 0. The van der Waals surface area contributed by atoms with Crippen molar-refractivity contribution in [1.82, 2.24) is 4.90 Å². The number of halogens is 3. The first-order chi connectivity index (χ1) is 7.24. The summed E-state index contributed by atoms with van der Waals surface area (Å²) in [5, 5.41) is 8.64. The van der Waals surface area contributed by atoms with Gasteiger partial charge in [0.15, 0.2) is 0 Å². The summed E-state index contributed by atoms with van der Waals surface area (Å²) in [6, 6.07) is -0.650. The number of ether oxygens (including phenoxy) is 1. The zero-order valence-corrected chi connectivity index (χ0v) is 9.25. The average molecular weight is 243 g/mol. The van der Waals surface area contributed by atoms with Crippen molar-refractivity contribution in [1.29, 1.82) is 0 Å². The summed E-state index contributed by atoms with van der Waals surface area (Å²) in [6.45, 7) is 0.603. The Morgan fingerprint density at radius 3 is 2.50 bits per heavy atom. The first kappa shape index (κ1) is 15.2. The maximum absolute atomic E-state index is 11.7. The lowest BCUT2D eigenvalue weighted by Crippen LogP contribution is -2.36. The zero-order chi connectivity index (χ0) is 12.8. The molecule has 0 bridgehead atoms. The minimum Gasteiger partial charge on any atom is -0.480 e. The van der Waals surface area contributed by atoms with Crippen molar-refractivity contribution in [2.24, 2.45) is 0 Å². The van der Waals surface area contributed by atoms with Gasteiger partial charge in [0.05, 0.1) is 0 Å². The molecule has 0 saturated heterocycles. The Morgan fingerprint density at radius 1 is 1.50 bits per heavy atom. The van der Waals surface area contributed by atoms with Gasteiger partial charge in [-0.3, -0.25) is 9.69 Å². The van der Waals surface area contributed by atoms with E-state index in [0.717, 1.165) is 0 Å². The molecule has 16 heavy (non-hydrogen) atoms. The molecule has 0 saturated carbocycles. The Bertz CT molecular complexity index is 221. The van der Waals surface area contributed by atoms with Crippen molar-refractivity contribution in [3.63, 3.8) is 0 Å². The van der Waals surface area contributed by atoms with E-state index in [2.05, 4.69) is 4.74 Å². The molecule has 0 amide bonds. The summed E-state index contributed by atoms with van der Waals surface area (Å²) >= 11 is 0. The fraction of sp³-hybridized carbons (Fsp3) is 0.889. The first-order valence-corrected chi connectivity index (χ1v) is 4.81. The summed E-state index contributed by atoms with van der Waals surface area (Å²) in [5.74, 6) is -0.960. The molecule has 7 heteroatoms. The molecule has 4 nitrogen and oxygen atoms in total.